The van der Waals surface area contributed by atoms with Gasteiger partial charge in [0.05, 0.1) is 11.4 Å². The van der Waals surface area contributed by atoms with Gasteiger partial charge in [-0.15, -0.1) is 11.3 Å². The van der Waals surface area contributed by atoms with Gasteiger partial charge in [0.25, 0.3) is 5.91 Å². The Labute approximate surface area is 158 Å². The third kappa shape index (κ3) is 3.75. The van der Waals surface area contributed by atoms with Crippen molar-refractivity contribution >= 4 is 39.8 Å². The normalized spacial score (nSPS) is 12.1. The minimum absolute atomic E-state index is 0.0789. The van der Waals surface area contributed by atoms with Gasteiger partial charge in [-0.3, -0.25) is 4.79 Å². The van der Waals surface area contributed by atoms with Crippen LogP contribution in [0.4, 0.5) is 0 Å². The fourth-order valence-corrected chi connectivity index (χ4v) is 3.66. The maximum Gasteiger partial charge on any atom is 0.349 e. The van der Waals surface area contributed by atoms with E-state index in [4.69, 9.17) is 25.5 Å². The smallest absolute Gasteiger partial charge is 0.349 e. The Morgan fingerprint density at radius 1 is 1.31 bits per heavy atom. The third-order valence-corrected chi connectivity index (χ3v) is 5.16. The van der Waals surface area contributed by atoms with Crippen LogP contribution in [0.2, 0.25) is 4.34 Å². The molecule has 1 N–H and O–H groups in total. The van der Waals surface area contributed by atoms with Crippen molar-refractivity contribution in [3.63, 3.8) is 0 Å². The monoisotopic (exact) mass is 393 g/mol. The molecule has 26 heavy (non-hydrogen) atoms. The number of carbonyl (C=O) groups excluding carboxylic acids is 1. The Hall–Kier alpha value is -2.35. The second-order valence-electron chi connectivity index (χ2n) is 5.40. The van der Waals surface area contributed by atoms with Crippen molar-refractivity contribution in [2.45, 2.75) is 6.10 Å². The van der Waals surface area contributed by atoms with Crippen molar-refractivity contribution in [3.8, 4) is 5.75 Å². The summed E-state index contributed by atoms with van der Waals surface area (Å²) in [5.41, 5.74) is -0.503. The van der Waals surface area contributed by atoms with Crippen LogP contribution in [0, 0.1) is 0 Å². The molecule has 3 rings (SSSR count). The summed E-state index contributed by atoms with van der Waals surface area (Å²) in [4.78, 5) is 25.5. The number of hydrogen-bond donors (Lipinski definition) is 1. The summed E-state index contributed by atoms with van der Waals surface area (Å²) in [6.07, 6.45) is -0.357. The molecular formula is C18H16ClNO5S. The lowest BCUT2D eigenvalue weighted by Crippen LogP contribution is -2.32. The molecule has 0 fully saturated rings. The SMILES string of the molecule is COc1cccc2cc(C(=O)NC[C@@H](OC)c3ccc(Cl)s3)c(=O)oc12. The van der Waals surface area contributed by atoms with E-state index in [0.717, 1.165) is 4.88 Å². The van der Waals surface area contributed by atoms with Gasteiger partial charge in [-0.2, -0.15) is 0 Å². The summed E-state index contributed by atoms with van der Waals surface area (Å²) >= 11 is 7.30. The van der Waals surface area contributed by atoms with Crippen molar-refractivity contribution < 1.29 is 18.7 Å². The first kappa shape index (κ1) is 18.4. The molecule has 0 aliphatic carbocycles. The molecule has 0 unspecified atom stereocenters. The number of methoxy groups -OCH3 is 2. The molecule has 1 atom stereocenters. The number of hydrogen-bond acceptors (Lipinski definition) is 6. The first-order valence-corrected chi connectivity index (χ1v) is 8.90. The van der Waals surface area contributed by atoms with E-state index >= 15 is 0 Å². The van der Waals surface area contributed by atoms with Crippen LogP contribution in [0.5, 0.6) is 5.75 Å². The lowest BCUT2D eigenvalue weighted by Gasteiger charge is -2.14. The Morgan fingerprint density at radius 3 is 2.77 bits per heavy atom. The Morgan fingerprint density at radius 2 is 2.12 bits per heavy atom. The molecule has 136 valence electrons. The van der Waals surface area contributed by atoms with Crippen LogP contribution in [-0.2, 0) is 4.74 Å². The Kier molecular flexibility index (Phi) is 5.61. The Bertz CT molecular complexity index is 997. The van der Waals surface area contributed by atoms with E-state index in [0.29, 0.717) is 21.1 Å². The van der Waals surface area contributed by atoms with E-state index in [-0.39, 0.29) is 18.2 Å². The molecule has 2 heterocycles. The molecule has 1 aromatic carbocycles. The number of benzene rings is 1. The fourth-order valence-electron chi connectivity index (χ4n) is 2.52. The van der Waals surface area contributed by atoms with Crippen molar-refractivity contribution in [1.82, 2.24) is 5.32 Å². The predicted octanol–water partition coefficient (Wildman–Crippen LogP) is 3.63. The summed E-state index contributed by atoms with van der Waals surface area (Å²) in [5.74, 6) is -0.103. The number of fused-ring (bicyclic) bond motifs is 1. The minimum Gasteiger partial charge on any atom is -0.493 e. The van der Waals surface area contributed by atoms with Gasteiger partial charge >= 0.3 is 5.63 Å². The highest BCUT2D eigenvalue weighted by Crippen LogP contribution is 2.28. The number of carbonyl (C=O) groups is 1. The zero-order valence-electron chi connectivity index (χ0n) is 14.1. The van der Waals surface area contributed by atoms with E-state index in [9.17, 15) is 9.59 Å². The maximum atomic E-state index is 12.4. The van der Waals surface area contributed by atoms with E-state index < -0.39 is 11.5 Å². The Balaban J connectivity index is 1.81. The van der Waals surface area contributed by atoms with Gasteiger partial charge in [-0.25, -0.2) is 4.79 Å². The zero-order valence-corrected chi connectivity index (χ0v) is 15.6. The van der Waals surface area contributed by atoms with Gasteiger partial charge in [0, 0.05) is 23.9 Å². The molecule has 3 aromatic rings. The average molecular weight is 394 g/mol. The van der Waals surface area contributed by atoms with E-state index in [1.165, 1.54) is 24.5 Å². The van der Waals surface area contributed by atoms with Crippen molar-refractivity contribution in [1.29, 1.82) is 0 Å². The van der Waals surface area contributed by atoms with Crippen LogP contribution in [0.25, 0.3) is 11.0 Å². The molecule has 0 saturated heterocycles. The summed E-state index contributed by atoms with van der Waals surface area (Å²) < 4.78 is 16.5. The van der Waals surface area contributed by atoms with Crippen LogP contribution in [0.1, 0.15) is 21.3 Å². The molecule has 0 bridgehead atoms. The van der Waals surface area contributed by atoms with E-state index in [1.54, 1.807) is 31.4 Å². The summed E-state index contributed by atoms with van der Waals surface area (Å²) in [7, 11) is 3.03. The van der Waals surface area contributed by atoms with Crippen molar-refractivity contribution in [3.05, 3.63) is 61.6 Å². The van der Waals surface area contributed by atoms with Crippen LogP contribution < -0.4 is 15.7 Å². The quantitative estimate of drug-likeness (QED) is 0.647. The first-order chi connectivity index (χ1) is 12.5. The summed E-state index contributed by atoms with van der Waals surface area (Å²) in [6.45, 7) is 0.196. The van der Waals surface area contributed by atoms with E-state index in [2.05, 4.69) is 5.32 Å². The number of ether oxygens (including phenoxy) is 2. The van der Waals surface area contributed by atoms with Gasteiger partial charge in [0.2, 0.25) is 0 Å². The maximum absolute atomic E-state index is 12.4. The van der Waals surface area contributed by atoms with E-state index in [1.807, 2.05) is 6.07 Å². The van der Waals surface area contributed by atoms with Gasteiger partial charge in [-0.1, -0.05) is 23.7 Å². The fraction of sp³-hybridized carbons (Fsp3) is 0.222. The van der Waals surface area contributed by atoms with Crippen LogP contribution in [0.15, 0.2) is 45.6 Å². The number of thiophene rings is 1. The lowest BCUT2D eigenvalue weighted by atomic mass is 10.1. The number of nitrogens with one attached hydrogen (secondary N) is 1. The molecule has 1 amide bonds. The molecule has 0 aliphatic heterocycles. The highest BCUT2D eigenvalue weighted by Gasteiger charge is 2.18. The second kappa shape index (κ2) is 7.90. The highest BCUT2D eigenvalue weighted by atomic mass is 35.5. The van der Waals surface area contributed by atoms with Gasteiger partial charge in [-0.05, 0) is 24.3 Å². The average Bonchev–Trinajstić information content (AvgIpc) is 3.07. The van der Waals surface area contributed by atoms with Crippen LogP contribution in [0.3, 0.4) is 0 Å². The molecule has 6 nitrogen and oxygen atoms in total. The number of halogens is 1. The summed E-state index contributed by atoms with van der Waals surface area (Å²) in [6, 6.07) is 10.3. The number of amides is 1. The van der Waals surface area contributed by atoms with Gasteiger partial charge in [0.1, 0.15) is 11.7 Å². The predicted molar refractivity (Wildman–Crippen MR) is 100 cm³/mol. The number of para-hydroxylation sites is 1. The topological polar surface area (TPSA) is 77.8 Å². The minimum atomic E-state index is -0.729. The first-order valence-electron chi connectivity index (χ1n) is 7.70. The van der Waals surface area contributed by atoms with Crippen LogP contribution in [-0.4, -0.2) is 26.7 Å². The van der Waals surface area contributed by atoms with Crippen LogP contribution >= 0.6 is 22.9 Å². The molecule has 0 saturated carbocycles. The zero-order chi connectivity index (χ0) is 18.7. The molecule has 0 spiro atoms. The summed E-state index contributed by atoms with van der Waals surface area (Å²) in [5, 5.41) is 3.30. The molecule has 8 heteroatoms. The second-order valence-corrected chi connectivity index (χ2v) is 7.15. The van der Waals surface area contributed by atoms with Gasteiger partial charge in [0.15, 0.2) is 11.3 Å². The lowest BCUT2D eigenvalue weighted by molar-refractivity contribution is 0.0835. The molecule has 0 radical (unpaired) electrons. The molecule has 2 aromatic heterocycles. The van der Waals surface area contributed by atoms with Gasteiger partial charge < -0.3 is 19.2 Å². The third-order valence-electron chi connectivity index (χ3n) is 3.83. The molecular weight excluding hydrogens is 378 g/mol. The standard InChI is InChI=1S/C18H16ClNO5S/c1-23-12-5-3-4-10-8-11(18(22)25-16(10)12)17(21)20-9-13(24-2)14-6-7-15(19)26-14/h3-8,13H,9H2,1-2H3,(H,20,21)/t13-/m1/s1. The molecule has 0 aliphatic rings. The number of rotatable bonds is 6. The van der Waals surface area contributed by atoms with Crippen molar-refractivity contribution in [2.75, 3.05) is 20.8 Å². The van der Waals surface area contributed by atoms with Crippen molar-refractivity contribution in [2.24, 2.45) is 0 Å². The largest absolute Gasteiger partial charge is 0.493 e. The highest BCUT2D eigenvalue weighted by molar-refractivity contribution is 7.16.